The number of hydrogen-bond acceptors (Lipinski definition) is 7. The van der Waals surface area contributed by atoms with Gasteiger partial charge in [-0.05, 0) is 35.7 Å². The SMILES string of the molecule is CC(C)[C@H](NC(=O)CSc1nncn1Cc1ccco1)c1ccc2c(c1)OCCCO2. The summed E-state index contributed by atoms with van der Waals surface area (Å²) in [5.74, 6) is 2.67. The number of nitrogens with zero attached hydrogens (tertiary/aromatic N) is 3. The number of ether oxygens (including phenoxy) is 2. The number of hydrogen-bond donors (Lipinski definition) is 1. The molecule has 0 saturated heterocycles. The highest BCUT2D eigenvalue weighted by Crippen LogP contribution is 2.34. The highest BCUT2D eigenvalue weighted by Gasteiger charge is 2.21. The van der Waals surface area contributed by atoms with E-state index in [1.54, 1.807) is 12.6 Å². The molecule has 1 atom stereocenters. The Kier molecular flexibility index (Phi) is 6.81. The monoisotopic (exact) mass is 442 g/mol. The van der Waals surface area contributed by atoms with E-state index >= 15 is 0 Å². The first kappa shape index (κ1) is 21.3. The van der Waals surface area contributed by atoms with Gasteiger partial charge in [0, 0.05) is 6.42 Å². The molecule has 1 aromatic carbocycles. The molecule has 31 heavy (non-hydrogen) atoms. The molecule has 164 valence electrons. The normalized spacial score (nSPS) is 14.3. The van der Waals surface area contributed by atoms with Gasteiger partial charge < -0.3 is 23.8 Å². The summed E-state index contributed by atoms with van der Waals surface area (Å²) in [6.45, 7) is 5.97. The number of aromatic nitrogens is 3. The van der Waals surface area contributed by atoms with E-state index in [4.69, 9.17) is 13.9 Å². The summed E-state index contributed by atoms with van der Waals surface area (Å²) < 4.78 is 18.8. The van der Waals surface area contributed by atoms with Gasteiger partial charge in [0.25, 0.3) is 0 Å². The van der Waals surface area contributed by atoms with E-state index in [1.165, 1.54) is 11.8 Å². The lowest BCUT2D eigenvalue weighted by atomic mass is 9.95. The van der Waals surface area contributed by atoms with E-state index in [0.29, 0.717) is 24.9 Å². The summed E-state index contributed by atoms with van der Waals surface area (Å²) in [6, 6.07) is 9.48. The molecule has 2 aromatic heterocycles. The van der Waals surface area contributed by atoms with E-state index in [2.05, 4.69) is 29.4 Å². The number of rotatable bonds is 8. The Morgan fingerprint density at radius 2 is 2.06 bits per heavy atom. The molecular formula is C22H26N4O4S. The first-order valence-electron chi connectivity index (χ1n) is 10.3. The molecule has 0 aliphatic carbocycles. The van der Waals surface area contributed by atoms with E-state index in [1.807, 2.05) is 34.9 Å². The van der Waals surface area contributed by atoms with Crippen LogP contribution in [0.5, 0.6) is 11.5 Å². The molecule has 1 aliphatic rings. The van der Waals surface area contributed by atoms with Crippen molar-refractivity contribution in [3.63, 3.8) is 0 Å². The third kappa shape index (κ3) is 5.41. The molecule has 0 saturated carbocycles. The van der Waals surface area contributed by atoms with Crippen molar-refractivity contribution in [1.82, 2.24) is 20.1 Å². The second-order valence-corrected chi connectivity index (χ2v) is 8.60. The maximum absolute atomic E-state index is 12.7. The third-order valence-electron chi connectivity index (χ3n) is 4.93. The number of amides is 1. The minimum Gasteiger partial charge on any atom is -0.490 e. The van der Waals surface area contributed by atoms with Gasteiger partial charge in [0.05, 0.1) is 37.8 Å². The van der Waals surface area contributed by atoms with Crippen LogP contribution in [0.3, 0.4) is 0 Å². The number of nitrogens with one attached hydrogen (secondary N) is 1. The second-order valence-electron chi connectivity index (χ2n) is 7.66. The van der Waals surface area contributed by atoms with Gasteiger partial charge >= 0.3 is 0 Å². The second kappa shape index (κ2) is 9.91. The number of carbonyl (C=O) groups excluding carboxylic acids is 1. The van der Waals surface area contributed by atoms with E-state index in [0.717, 1.165) is 29.2 Å². The molecular weight excluding hydrogens is 416 g/mol. The fourth-order valence-corrected chi connectivity index (χ4v) is 4.11. The minimum atomic E-state index is -0.133. The molecule has 1 aliphatic heterocycles. The Balaban J connectivity index is 1.39. The van der Waals surface area contributed by atoms with Crippen LogP contribution in [0.2, 0.25) is 0 Å². The van der Waals surface area contributed by atoms with Crippen LogP contribution >= 0.6 is 11.8 Å². The molecule has 0 spiro atoms. The van der Waals surface area contributed by atoms with Gasteiger partial charge in [-0.15, -0.1) is 10.2 Å². The quantitative estimate of drug-likeness (QED) is 0.532. The van der Waals surface area contributed by atoms with Crippen molar-refractivity contribution in [3.8, 4) is 11.5 Å². The molecule has 0 bridgehead atoms. The molecule has 0 fully saturated rings. The zero-order valence-electron chi connectivity index (χ0n) is 17.6. The molecule has 3 heterocycles. The maximum Gasteiger partial charge on any atom is 0.230 e. The van der Waals surface area contributed by atoms with Crippen molar-refractivity contribution in [1.29, 1.82) is 0 Å². The van der Waals surface area contributed by atoms with Crippen LogP contribution < -0.4 is 14.8 Å². The Labute approximate surface area is 185 Å². The lowest BCUT2D eigenvalue weighted by Gasteiger charge is -2.24. The number of carbonyl (C=O) groups is 1. The highest BCUT2D eigenvalue weighted by molar-refractivity contribution is 7.99. The van der Waals surface area contributed by atoms with Crippen molar-refractivity contribution >= 4 is 17.7 Å². The van der Waals surface area contributed by atoms with E-state index in [9.17, 15) is 4.79 Å². The van der Waals surface area contributed by atoms with Crippen LogP contribution in [0.25, 0.3) is 0 Å². The summed E-state index contributed by atoms with van der Waals surface area (Å²) in [5.41, 5.74) is 0.999. The largest absolute Gasteiger partial charge is 0.490 e. The molecule has 3 aromatic rings. The fourth-order valence-electron chi connectivity index (χ4n) is 3.39. The molecule has 8 nitrogen and oxygen atoms in total. The van der Waals surface area contributed by atoms with Crippen molar-refractivity contribution in [2.75, 3.05) is 19.0 Å². The summed E-state index contributed by atoms with van der Waals surface area (Å²) in [4.78, 5) is 12.7. The highest BCUT2D eigenvalue weighted by atomic mass is 32.2. The maximum atomic E-state index is 12.7. The molecule has 0 radical (unpaired) electrons. The van der Waals surface area contributed by atoms with Gasteiger partial charge in [0.15, 0.2) is 16.7 Å². The van der Waals surface area contributed by atoms with Gasteiger partial charge in [0.1, 0.15) is 12.1 Å². The molecule has 9 heteroatoms. The predicted molar refractivity (Wildman–Crippen MR) is 116 cm³/mol. The smallest absolute Gasteiger partial charge is 0.230 e. The first-order valence-corrected chi connectivity index (χ1v) is 11.3. The van der Waals surface area contributed by atoms with Crippen LogP contribution in [-0.2, 0) is 11.3 Å². The van der Waals surface area contributed by atoms with Gasteiger partial charge in [0.2, 0.25) is 5.91 Å². The van der Waals surface area contributed by atoms with Gasteiger partial charge in [-0.25, -0.2) is 0 Å². The summed E-state index contributed by atoms with van der Waals surface area (Å²) in [7, 11) is 0. The Bertz CT molecular complexity index is 1000. The zero-order valence-corrected chi connectivity index (χ0v) is 18.4. The van der Waals surface area contributed by atoms with Crippen LogP contribution in [0.15, 0.2) is 52.5 Å². The van der Waals surface area contributed by atoms with E-state index < -0.39 is 0 Å². The number of fused-ring (bicyclic) bond motifs is 1. The minimum absolute atomic E-state index is 0.0663. The average Bonchev–Trinajstić information content (AvgIpc) is 3.37. The molecule has 0 unspecified atom stereocenters. The predicted octanol–water partition coefficient (Wildman–Crippen LogP) is 3.69. The molecule has 1 amide bonds. The van der Waals surface area contributed by atoms with Crippen molar-refractivity contribution in [2.45, 2.75) is 38.0 Å². The molecule has 4 rings (SSSR count). The average molecular weight is 443 g/mol. The number of furan rings is 1. The first-order chi connectivity index (χ1) is 15.1. The summed E-state index contributed by atoms with van der Waals surface area (Å²) >= 11 is 1.35. The standard InChI is InChI=1S/C22H26N4O4S/c1-15(2)21(16-6-7-18-19(11-16)30-10-4-9-29-18)24-20(27)13-31-22-25-23-14-26(22)12-17-5-3-8-28-17/h3,5-8,11,14-15,21H,4,9-10,12-13H2,1-2H3,(H,24,27)/t21-/m0/s1. The Morgan fingerprint density at radius 3 is 2.84 bits per heavy atom. The van der Waals surface area contributed by atoms with Gasteiger partial charge in [-0.2, -0.15) is 0 Å². The van der Waals surface area contributed by atoms with Crippen molar-refractivity contribution < 1.29 is 18.7 Å². The van der Waals surface area contributed by atoms with Crippen LogP contribution in [0, 0.1) is 5.92 Å². The number of thioether (sulfide) groups is 1. The topological polar surface area (TPSA) is 91.4 Å². The lowest BCUT2D eigenvalue weighted by molar-refractivity contribution is -0.119. The van der Waals surface area contributed by atoms with Crippen molar-refractivity contribution in [2.24, 2.45) is 5.92 Å². The van der Waals surface area contributed by atoms with Crippen molar-refractivity contribution in [3.05, 3.63) is 54.2 Å². The van der Waals surface area contributed by atoms with E-state index in [-0.39, 0.29) is 23.6 Å². The third-order valence-corrected chi connectivity index (χ3v) is 5.91. The number of benzene rings is 1. The zero-order chi connectivity index (χ0) is 21.6. The Hall–Kier alpha value is -2.94. The fraction of sp³-hybridized carbons (Fsp3) is 0.409. The molecule has 1 N–H and O–H groups in total. The summed E-state index contributed by atoms with van der Waals surface area (Å²) in [6.07, 6.45) is 4.12. The van der Waals surface area contributed by atoms with Crippen LogP contribution in [0.4, 0.5) is 0 Å². The van der Waals surface area contributed by atoms with Crippen LogP contribution in [0.1, 0.15) is 37.6 Å². The summed E-state index contributed by atoms with van der Waals surface area (Å²) in [5, 5.41) is 11.9. The van der Waals surface area contributed by atoms with Gasteiger partial charge in [-0.1, -0.05) is 31.7 Å². The lowest BCUT2D eigenvalue weighted by Crippen LogP contribution is -2.33. The van der Waals surface area contributed by atoms with Crippen LogP contribution in [-0.4, -0.2) is 39.6 Å². The Morgan fingerprint density at radius 1 is 1.23 bits per heavy atom. The van der Waals surface area contributed by atoms with Gasteiger partial charge in [-0.3, -0.25) is 4.79 Å².